The van der Waals surface area contributed by atoms with Crippen molar-refractivity contribution in [2.75, 3.05) is 10.1 Å². The Labute approximate surface area is 82.4 Å². The highest BCUT2D eigenvalue weighted by Gasteiger charge is 2.06. The third-order valence-electron chi connectivity index (χ3n) is 1.30. The summed E-state index contributed by atoms with van der Waals surface area (Å²) in [5.41, 5.74) is 6.44. The Kier molecular flexibility index (Phi) is 3.19. The topological polar surface area (TPSA) is 55.3 Å². The minimum Gasteiger partial charge on any atom is -0.397 e. The summed E-state index contributed by atoms with van der Waals surface area (Å²) in [5, 5.41) is 0. The highest BCUT2D eigenvalue weighted by atomic mass is 79.9. The van der Waals surface area contributed by atoms with Gasteiger partial charge >= 0.3 is 0 Å². The number of benzene rings is 1. The van der Waals surface area contributed by atoms with Gasteiger partial charge in [0.25, 0.3) is 0 Å². The van der Waals surface area contributed by atoms with Gasteiger partial charge in [-0.3, -0.25) is 0 Å². The van der Waals surface area contributed by atoms with Crippen LogP contribution < -0.4 is 16.0 Å². The minimum absolute atomic E-state index is 0.0863. The summed E-state index contributed by atoms with van der Waals surface area (Å²) in [6.45, 7) is 0. The molecule has 0 saturated heterocycles. The Balaban J connectivity index is 3.01. The number of nitrogens with two attached hydrogens (primary N) is 2. The zero-order valence-corrected chi connectivity index (χ0v) is 8.40. The number of nitrogens with zero attached hydrogens (tertiary/aromatic N) is 1. The third-order valence-corrected chi connectivity index (χ3v) is 2.14. The van der Waals surface area contributed by atoms with E-state index in [-0.39, 0.29) is 12.3 Å². The molecule has 0 heterocycles. The molecule has 0 unspecified atom stereocenters. The summed E-state index contributed by atoms with van der Waals surface area (Å²) >= 11 is 3.14. The van der Waals surface area contributed by atoms with E-state index in [4.69, 9.17) is 11.6 Å². The Morgan fingerprint density at radius 2 is 2.17 bits per heavy atom. The zero-order valence-electron chi connectivity index (χ0n) is 6.00. The van der Waals surface area contributed by atoms with Gasteiger partial charge in [-0.15, -0.1) is 3.89 Å². The average molecular weight is 252 g/mol. The monoisotopic (exact) mass is 251 g/mol. The van der Waals surface area contributed by atoms with Crippen molar-refractivity contribution in [3.63, 3.8) is 0 Å². The molecule has 0 aliphatic rings. The Morgan fingerprint density at radius 1 is 1.50 bits per heavy atom. The van der Waals surface area contributed by atoms with Crippen LogP contribution in [0.1, 0.15) is 0 Å². The van der Waals surface area contributed by atoms with E-state index in [9.17, 15) is 3.89 Å². The van der Waals surface area contributed by atoms with Crippen LogP contribution in [0.3, 0.4) is 0 Å². The largest absolute Gasteiger partial charge is 0.397 e. The first-order valence-electron chi connectivity index (χ1n) is 3.03. The third kappa shape index (κ3) is 2.02. The number of hydrazine groups is 1. The Morgan fingerprint density at radius 3 is 2.67 bits per heavy atom. The predicted molar refractivity (Wildman–Crippen MR) is 53.9 cm³/mol. The lowest BCUT2D eigenvalue weighted by Crippen LogP contribution is -2.21. The summed E-state index contributed by atoms with van der Waals surface area (Å²) in [7, 11) is 0. The van der Waals surface area contributed by atoms with Gasteiger partial charge in [-0.2, -0.15) is 0 Å². The van der Waals surface area contributed by atoms with Crippen LogP contribution in [0.5, 0.6) is 0 Å². The molecule has 0 fully saturated rings. The van der Waals surface area contributed by atoms with Gasteiger partial charge in [-0.25, -0.2) is 10.3 Å². The van der Waals surface area contributed by atoms with E-state index in [0.29, 0.717) is 11.4 Å². The van der Waals surface area contributed by atoms with Crippen molar-refractivity contribution in [3.05, 3.63) is 22.7 Å². The van der Waals surface area contributed by atoms with E-state index in [2.05, 4.69) is 15.9 Å². The molecule has 0 radical (unpaired) electrons. The number of nitrogen functional groups attached to an aromatic ring is 1. The highest BCUT2D eigenvalue weighted by Crippen LogP contribution is 2.28. The van der Waals surface area contributed by atoms with Crippen molar-refractivity contribution < 1.29 is 3.89 Å². The standard InChI is InChI=1S/C6H7BrFN3S/c7-4-1-2-6(5(9)3-4)11(10)12-8/h1-3H,9-10H2. The van der Waals surface area contributed by atoms with Gasteiger partial charge in [0.05, 0.1) is 11.4 Å². The van der Waals surface area contributed by atoms with E-state index >= 15 is 0 Å². The van der Waals surface area contributed by atoms with E-state index in [1.807, 2.05) is 0 Å². The molecule has 1 aromatic carbocycles. The van der Waals surface area contributed by atoms with Crippen molar-refractivity contribution in [3.8, 4) is 0 Å². The van der Waals surface area contributed by atoms with Crippen LogP contribution in [0.15, 0.2) is 22.7 Å². The van der Waals surface area contributed by atoms with Gasteiger partial charge in [0.15, 0.2) is 12.3 Å². The molecular formula is C6H7BrFN3S. The van der Waals surface area contributed by atoms with Crippen molar-refractivity contribution in [2.24, 2.45) is 5.84 Å². The average Bonchev–Trinajstić information content (AvgIpc) is 2.03. The fraction of sp³-hybridized carbons (Fsp3) is 0. The molecule has 12 heavy (non-hydrogen) atoms. The Hall–Kier alpha value is -0.460. The van der Waals surface area contributed by atoms with Crippen molar-refractivity contribution in [2.45, 2.75) is 0 Å². The smallest absolute Gasteiger partial charge is 0.181 e. The van der Waals surface area contributed by atoms with Gasteiger partial charge in [0, 0.05) is 4.47 Å². The maximum atomic E-state index is 12.0. The van der Waals surface area contributed by atoms with E-state index < -0.39 is 0 Å². The second-order valence-corrected chi connectivity index (χ2v) is 3.55. The van der Waals surface area contributed by atoms with Crippen molar-refractivity contribution >= 4 is 39.6 Å². The molecule has 0 aliphatic carbocycles. The van der Waals surface area contributed by atoms with Gasteiger partial charge in [-0.05, 0) is 18.2 Å². The molecule has 0 aliphatic heterocycles. The molecule has 4 N–H and O–H groups in total. The van der Waals surface area contributed by atoms with Crippen molar-refractivity contribution in [1.82, 2.24) is 0 Å². The molecule has 1 aromatic rings. The van der Waals surface area contributed by atoms with Gasteiger partial charge in [-0.1, -0.05) is 15.9 Å². The maximum absolute atomic E-state index is 12.0. The lowest BCUT2D eigenvalue weighted by Gasteiger charge is -2.13. The highest BCUT2D eigenvalue weighted by molar-refractivity contribution is 9.10. The SMILES string of the molecule is Nc1cc(Br)ccc1N(N)SF. The molecule has 0 saturated carbocycles. The van der Waals surface area contributed by atoms with E-state index in [0.717, 1.165) is 8.89 Å². The lowest BCUT2D eigenvalue weighted by atomic mass is 10.3. The summed E-state index contributed by atoms with van der Waals surface area (Å²) in [6.07, 6.45) is 0. The number of hydrogen-bond acceptors (Lipinski definition) is 4. The molecule has 0 amide bonds. The van der Waals surface area contributed by atoms with Crippen LogP contribution in [0, 0.1) is 0 Å². The van der Waals surface area contributed by atoms with Crippen LogP contribution in [-0.4, -0.2) is 0 Å². The van der Waals surface area contributed by atoms with Crippen LogP contribution in [0.25, 0.3) is 0 Å². The van der Waals surface area contributed by atoms with Gasteiger partial charge < -0.3 is 5.73 Å². The molecule has 3 nitrogen and oxygen atoms in total. The molecule has 0 spiro atoms. The second kappa shape index (κ2) is 3.97. The fourth-order valence-electron chi connectivity index (χ4n) is 0.763. The van der Waals surface area contributed by atoms with Crippen molar-refractivity contribution in [1.29, 1.82) is 0 Å². The molecule has 0 bridgehead atoms. The molecular weight excluding hydrogens is 245 g/mol. The molecule has 6 heteroatoms. The zero-order chi connectivity index (χ0) is 9.14. The number of anilines is 2. The molecule has 66 valence electrons. The first-order valence-corrected chi connectivity index (χ1v) is 4.50. The first-order chi connectivity index (χ1) is 5.65. The van der Waals surface area contributed by atoms with Gasteiger partial charge in [0.1, 0.15) is 0 Å². The molecule has 0 aromatic heterocycles. The molecule has 0 atom stereocenters. The van der Waals surface area contributed by atoms with Crippen LogP contribution in [0.4, 0.5) is 15.3 Å². The summed E-state index contributed by atoms with van der Waals surface area (Å²) < 4.78 is 13.7. The number of halogens is 2. The Bertz CT molecular complexity index is 283. The molecule has 1 rings (SSSR count). The summed E-state index contributed by atoms with van der Waals surface area (Å²) in [5.74, 6) is 5.27. The maximum Gasteiger partial charge on any atom is 0.181 e. The number of rotatable bonds is 2. The lowest BCUT2D eigenvalue weighted by molar-refractivity contribution is 0.921. The summed E-state index contributed by atoms with van der Waals surface area (Å²) in [6, 6.07) is 5.03. The van der Waals surface area contributed by atoms with Gasteiger partial charge in [0.2, 0.25) is 0 Å². The quantitative estimate of drug-likeness (QED) is 0.367. The van der Waals surface area contributed by atoms with Crippen LogP contribution in [-0.2, 0) is 0 Å². The van der Waals surface area contributed by atoms with Crippen LogP contribution in [0.2, 0.25) is 0 Å². The second-order valence-electron chi connectivity index (χ2n) is 2.10. The number of hydrogen-bond donors (Lipinski definition) is 2. The first kappa shape index (κ1) is 9.63. The minimum atomic E-state index is -0.0863. The predicted octanol–water partition coefficient (Wildman–Crippen LogP) is 2.24. The fourth-order valence-corrected chi connectivity index (χ4v) is 1.38. The normalized spacial score (nSPS) is 9.92. The van der Waals surface area contributed by atoms with E-state index in [1.54, 1.807) is 18.2 Å². The van der Waals surface area contributed by atoms with E-state index in [1.165, 1.54) is 0 Å². The summed E-state index contributed by atoms with van der Waals surface area (Å²) in [4.78, 5) is 0. The van der Waals surface area contributed by atoms with Crippen LogP contribution >= 0.6 is 28.3 Å².